The zero-order valence-corrected chi connectivity index (χ0v) is 53.0. The van der Waals surface area contributed by atoms with E-state index in [4.69, 9.17) is 13.8 Å². The number of rotatable bonds is 58. The monoisotopic (exact) mass is 1120 g/mol. The molecule has 0 aliphatic carbocycles. The van der Waals surface area contributed by atoms with Gasteiger partial charge in [-0.15, -0.1) is 0 Å². The molecular weight excluding hydrogens is 1000 g/mol. The molecule has 0 saturated carbocycles. The number of nitrogens with zero attached hydrogens (tertiary/aromatic N) is 1. The molecule has 10 heteroatoms. The van der Waals surface area contributed by atoms with E-state index in [-0.39, 0.29) is 37.9 Å². The number of unbranched alkanes of at least 4 members (excludes halogenated alkanes) is 28. The minimum Gasteiger partial charge on any atom is -0.456 e. The van der Waals surface area contributed by atoms with Gasteiger partial charge < -0.3 is 19.4 Å². The van der Waals surface area contributed by atoms with Gasteiger partial charge in [-0.2, -0.15) is 0 Å². The Kier molecular flexibility index (Phi) is 55.9. The number of amides is 1. The third kappa shape index (κ3) is 59.4. The molecule has 0 aromatic carbocycles. The summed E-state index contributed by atoms with van der Waals surface area (Å²) in [5, 5.41) is 3.02. The first-order chi connectivity index (χ1) is 38.4. The Bertz CT molecular complexity index is 1670. The number of likely N-dealkylation sites (N-methyl/N-ethyl adjacent to an activating group) is 1. The van der Waals surface area contributed by atoms with E-state index in [0.29, 0.717) is 17.4 Å². The predicted octanol–water partition coefficient (Wildman–Crippen LogP) is 20.3. The van der Waals surface area contributed by atoms with Crippen LogP contribution in [0.4, 0.5) is 0 Å². The van der Waals surface area contributed by atoms with Crippen LogP contribution in [0.5, 0.6) is 0 Å². The second kappa shape index (κ2) is 58.1. The van der Waals surface area contributed by atoms with Gasteiger partial charge in [-0.1, -0.05) is 260 Å². The van der Waals surface area contributed by atoms with Gasteiger partial charge in [0, 0.05) is 12.8 Å². The van der Waals surface area contributed by atoms with Gasteiger partial charge in [0.15, 0.2) is 0 Å². The molecule has 9 nitrogen and oxygen atoms in total. The van der Waals surface area contributed by atoms with Gasteiger partial charge in [0.05, 0.1) is 33.8 Å². The number of hydrogen-bond acceptors (Lipinski definition) is 6. The number of carbonyl (C=O) groups is 2. The second-order valence-corrected chi connectivity index (χ2v) is 24.4. The van der Waals surface area contributed by atoms with Crippen molar-refractivity contribution in [1.82, 2.24) is 5.32 Å². The van der Waals surface area contributed by atoms with Gasteiger partial charge >= 0.3 is 13.8 Å². The summed E-state index contributed by atoms with van der Waals surface area (Å²) in [6.45, 7) is 6.84. The van der Waals surface area contributed by atoms with Crippen molar-refractivity contribution in [3.05, 3.63) is 97.2 Å². The Morgan fingerprint density at radius 2 is 0.823 bits per heavy atom. The number of quaternary nitrogens is 1. The molecule has 0 spiro atoms. The van der Waals surface area contributed by atoms with Gasteiger partial charge in [-0.3, -0.25) is 18.6 Å². The molecule has 0 fully saturated rings. The summed E-state index contributed by atoms with van der Waals surface area (Å²) in [6, 6.07) is -0.883. The van der Waals surface area contributed by atoms with Crippen LogP contribution in [0.1, 0.15) is 278 Å². The van der Waals surface area contributed by atoms with Gasteiger partial charge in [-0.05, 0) is 102 Å². The molecule has 3 atom stereocenters. The molecule has 0 aromatic rings. The lowest BCUT2D eigenvalue weighted by Crippen LogP contribution is -2.47. The average Bonchev–Trinajstić information content (AvgIpc) is 3.41. The molecule has 0 rings (SSSR count). The number of esters is 1. The van der Waals surface area contributed by atoms with Crippen LogP contribution in [0.2, 0.25) is 0 Å². The number of carbonyl (C=O) groups excluding carboxylic acids is 2. The highest BCUT2D eigenvalue weighted by Crippen LogP contribution is 2.43. The fourth-order valence-corrected chi connectivity index (χ4v) is 9.74. The summed E-state index contributed by atoms with van der Waals surface area (Å²) in [4.78, 5) is 37.8. The summed E-state index contributed by atoms with van der Waals surface area (Å²) in [5.74, 6) is -0.573. The standard InChI is InChI=1S/C69H123N2O7P/c1-7-10-13-16-19-22-25-28-30-32-33-34-35-36-37-39-41-44-47-50-53-56-59-62-69(73)78-67(60-57-54-51-48-45-42-27-24-21-18-15-12-9-3)66(65-77-79(74,75)76-64-63-71(4,5)6)70-68(72)61-58-55-52-49-46-43-40-38-31-29-26-23-20-17-14-11-8-2/h11,14,19-20,22-23,28-31,40,43,49,52,57,60,66-67H,7-10,12-13,15-18,21,24-27,32-39,41-42,44-48,50-51,53-56,58-59,61-65H2,1-6H3,(H-,70,72,74,75)/p+1/b14-11-,22-19-,23-20-,30-28-,31-29-,43-40-,52-49-,60-57-. The van der Waals surface area contributed by atoms with Crippen LogP contribution < -0.4 is 5.32 Å². The van der Waals surface area contributed by atoms with Crippen LogP contribution in [-0.2, 0) is 27.9 Å². The highest BCUT2D eigenvalue weighted by Gasteiger charge is 2.30. The van der Waals surface area contributed by atoms with Gasteiger partial charge in [0.2, 0.25) is 5.91 Å². The summed E-state index contributed by atoms with van der Waals surface area (Å²) >= 11 is 0. The SMILES string of the molecule is CC/C=C\C/C=C\C/C=C\C/C=C\C/C=C\CCCC(=O)NC(COP(=O)(O)OCC[N+](C)(C)C)C(/C=C\CCCCCCCCCCCCC)OC(=O)CCCCCCCCCCCCCCC/C=C\C/C=C\CCCCC. The Hall–Kier alpha value is -3.07. The van der Waals surface area contributed by atoms with Gasteiger partial charge in [-0.25, -0.2) is 4.57 Å². The van der Waals surface area contributed by atoms with E-state index in [2.05, 4.69) is 111 Å². The zero-order chi connectivity index (χ0) is 57.9. The van der Waals surface area contributed by atoms with E-state index in [1.165, 1.54) is 154 Å². The van der Waals surface area contributed by atoms with E-state index in [9.17, 15) is 19.0 Å². The molecule has 0 heterocycles. The van der Waals surface area contributed by atoms with Crippen LogP contribution in [0, 0.1) is 0 Å². The van der Waals surface area contributed by atoms with Crippen molar-refractivity contribution < 1.29 is 37.3 Å². The van der Waals surface area contributed by atoms with Crippen molar-refractivity contribution in [3.8, 4) is 0 Å². The smallest absolute Gasteiger partial charge is 0.456 e. The van der Waals surface area contributed by atoms with Crippen LogP contribution in [0.15, 0.2) is 97.2 Å². The van der Waals surface area contributed by atoms with E-state index < -0.39 is 20.0 Å². The lowest BCUT2D eigenvalue weighted by molar-refractivity contribution is -0.870. The Labute approximate surface area is 488 Å². The maximum atomic E-state index is 13.5. The Morgan fingerprint density at radius 3 is 1.27 bits per heavy atom. The molecule has 0 bridgehead atoms. The molecule has 0 aliphatic heterocycles. The summed E-state index contributed by atoms with van der Waals surface area (Å²) in [7, 11) is 1.45. The summed E-state index contributed by atoms with van der Waals surface area (Å²) in [6.07, 6.45) is 78.5. The highest BCUT2D eigenvalue weighted by atomic mass is 31.2. The summed E-state index contributed by atoms with van der Waals surface area (Å²) in [5.41, 5.74) is 0. The first kappa shape index (κ1) is 75.9. The molecule has 2 N–H and O–H groups in total. The molecule has 3 unspecified atom stereocenters. The quantitative estimate of drug-likeness (QED) is 0.0205. The van der Waals surface area contributed by atoms with Crippen LogP contribution in [-0.4, -0.2) is 74.3 Å². The Balaban J connectivity index is 5.26. The first-order valence-corrected chi connectivity index (χ1v) is 34.1. The van der Waals surface area contributed by atoms with Crippen molar-refractivity contribution >= 4 is 19.7 Å². The number of phosphoric ester groups is 1. The van der Waals surface area contributed by atoms with E-state index in [0.717, 1.165) is 83.5 Å². The first-order valence-electron chi connectivity index (χ1n) is 32.6. The van der Waals surface area contributed by atoms with E-state index >= 15 is 0 Å². The summed E-state index contributed by atoms with van der Waals surface area (Å²) < 4.78 is 30.7. The fraction of sp³-hybridized carbons (Fsp3) is 0.739. The second-order valence-electron chi connectivity index (χ2n) is 22.9. The molecular formula is C69H124N2O7P+. The third-order valence-electron chi connectivity index (χ3n) is 14.0. The Morgan fingerprint density at radius 1 is 0.456 bits per heavy atom. The number of phosphoric acid groups is 1. The molecule has 0 saturated heterocycles. The van der Waals surface area contributed by atoms with Crippen molar-refractivity contribution in [1.29, 1.82) is 0 Å². The fourth-order valence-electron chi connectivity index (χ4n) is 9.01. The highest BCUT2D eigenvalue weighted by molar-refractivity contribution is 7.47. The lowest BCUT2D eigenvalue weighted by atomic mass is 10.0. The molecule has 0 radical (unpaired) electrons. The van der Waals surface area contributed by atoms with Crippen LogP contribution >= 0.6 is 7.82 Å². The number of allylic oxidation sites excluding steroid dienone is 15. The van der Waals surface area contributed by atoms with Crippen LogP contribution in [0.3, 0.4) is 0 Å². The molecule has 79 heavy (non-hydrogen) atoms. The van der Waals surface area contributed by atoms with Crippen molar-refractivity contribution in [2.24, 2.45) is 0 Å². The molecule has 456 valence electrons. The normalized spacial score (nSPS) is 14.3. The average molecular weight is 1120 g/mol. The molecule has 1 amide bonds. The van der Waals surface area contributed by atoms with Gasteiger partial charge in [0.1, 0.15) is 19.3 Å². The van der Waals surface area contributed by atoms with Crippen molar-refractivity contribution in [3.63, 3.8) is 0 Å². The topological polar surface area (TPSA) is 111 Å². The minimum atomic E-state index is -4.47. The van der Waals surface area contributed by atoms with E-state index in [1.807, 2.05) is 33.3 Å². The van der Waals surface area contributed by atoms with Gasteiger partial charge in [0.25, 0.3) is 0 Å². The number of nitrogens with one attached hydrogen (secondary N) is 1. The third-order valence-corrected chi connectivity index (χ3v) is 15.0. The minimum absolute atomic E-state index is 0.0259. The number of hydrogen-bond donors (Lipinski definition) is 2. The largest absolute Gasteiger partial charge is 0.472 e. The van der Waals surface area contributed by atoms with E-state index in [1.54, 1.807) is 0 Å². The maximum absolute atomic E-state index is 13.5. The molecule has 0 aromatic heterocycles. The molecule has 0 aliphatic rings. The van der Waals surface area contributed by atoms with Crippen molar-refractivity contribution in [2.75, 3.05) is 40.9 Å². The number of ether oxygens (including phenoxy) is 1. The van der Waals surface area contributed by atoms with Crippen LogP contribution in [0.25, 0.3) is 0 Å². The maximum Gasteiger partial charge on any atom is 0.472 e. The zero-order valence-electron chi connectivity index (χ0n) is 52.1. The lowest BCUT2D eigenvalue weighted by Gasteiger charge is -2.27. The van der Waals surface area contributed by atoms with Crippen molar-refractivity contribution in [2.45, 2.75) is 290 Å². The predicted molar refractivity (Wildman–Crippen MR) is 341 cm³/mol.